The van der Waals surface area contributed by atoms with E-state index in [1.807, 2.05) is 18.2 Å². The van der Waals surface area contributed by atoms with E-state index in [1.54, 1.807) is 37.3 Å². The van der Waals surface area contributed by atoms with Gasteiger partial charge in [0.15, 0.2) is 0 Å². The van der Waals surface area contributed by atoms with E-state index in [1.165, 1.54) is 0 Å². The number of aromatic amines is 2. The number of nitrogens with one attached hydrogen (secondary N) is 2. The quantitative estimate of drug-likeness (QED) is 0.372. The number of furan rings is 1. The van der Waals surface area contributed by atoms with Gasteiger partial charge in [0.2, 0.25) is 0 Å². The van der Waals surface area contributed by atoms with Crippen LogP contribution in [0.1, 0.15) is 0 Å². The molecule has 34 heavy (non-hydrogen) atoms. The van der Waals surface area contributed by atoms with Crippen molar-refractivity contribution < 1.29 is 4.42 Å². The van der Waals surface area contributed by atoms with Crippen molar-refractivity contribution in [3.05, 3.63) is 61.6 Å². The summed E-state index contributed by atoms with van der Waals surface area (Å²) in [6, 6.07) is 8.10. The minimum Gasteiger partial charge on any atom is -0.472 e. The Bertz CT molecular complexity index is 1640. The van der Waals surface area contributed by atoms with Crippen LogP contribution in [0.25, 0.3) is 55.8 Å². The summed E-state index contributed by atoms with van der Waals surface area (Å²) in [5, 5.41) is 9.59. The zero-order valence-corrected chi connectivity index (χ0v) is 17.9. The van der Waals surface area contributed by atoms with Crippen molar-refractivity contribution in [2.45, 2.75) is 6.04 Å². The fourth-order valence-corrected chi connectivity index (χ4v) is 4.40. The molecule has 0 spiro atoms. The first-order valence-corrected chi connectivity index (χ1v) is 10.9. The molecule has 0 aromatic carbocycles. The van der Waals surface area contributed by atoms with E-state index in [-0.39, 0.29) is 6.04 Å². The Balaban J connectivity index is 1.31. The molecule has 0 aliphatic carbocycles. The smallest absolute Gasteiger partial charge is 0.147 e. The van der Waals surface area contributed by atoms with Gasteiger partial charge in [-0.1, -0.05) is 0 Å². The molecule has 0 saturated carbocycles. The first-order valence-electron chi connectivity index (χ1n) is 10.9. The number of nitrogens with two attached hydrogens (primary N) is 1. The summed E-state index contributed by atoms with van der Waals surface area (Å²) in [6.45, 7) is 1.57. The molecule has 6 aromatic heterocycles. The SMILES string of the molecule is NC1CN(c2cncc(-c3cc4c(-c5cc6c(-c7ccoc7)nccc6[nH]5)n[nH]c4cn3)n2)C1. The Kier molecular flexibility index (Phi) is 4.02. The van der Waals surface area contributed by atoms with E-state index in [9.17, 15) is 0 Å². The van der Waals surface area contributed by atoms with E-state index < -0.39 is 0 Å². The predicted molar refractivity (Wildman–Crippen MR) is 128 cm³/mol. The Morgan fingerprint density at radius 1 is 0.971 bits per heavy atom. The molecule has 10 heteroatoms. The van der Waals surface area contributed by atoms with Crippen LogP contribution in [-0.2, 0) is 0 Å². The van der Waals surface area contributed by atoms with Gasteiger partial charge in [-0.05, 0) is 24.3 Å². The maximum Gasteiger partial charge on any atom is 0.147 e. The van der Waals surface area contributed by atoms with Crippen molar-refractivity contribution in [2.24, 2.45) is 5.73 Å². The van der Waals surface area contributed by atoms with Crippen LogP contribution < -0.4 is 10.6 Å². The van der Waals surface area contributed by atoms with Crippen molar-refractivity contribution >= 4 is 27.6 Å². The van der Waals surface area contributed by atoms with E-state index >= 15 is 0 Å². The lowest BCUT2D eigenvalue weighted by Crippen LogP contribution is -2.56. The Morgan fingerprint density at radius 2 is 1.88 bits per heavy atom. The molecule has 7 heterocycles. The number of hydrogen-bond donors (Lipinski definition) is 3. The van der Waals surface area contributed by atoms with Crippen LogP contribution in [0, 0.1) is 0 Å². The number of rotatable bonds is 4. The second-order valence-corrected chi connectivity index (χ2v) is 8.43. The highest BCUT2D eigenvalue weighted by molar-refractivity contribution is 6.00. The normalized spacial score (nSPS) is 14.2. The van der Waals surface area contributed by atoms with Gasteiger partial charge >= 0.3 is 0 Å². The first kappa shape index (κ1) is 18.9. The van der Waals surface area contributed by atoms with Gasteiger partial charge in [-0.2, -0.15) is 5.10 Å². The van der Waals surface area contributed by atoms with Crippen molar-refractivity contribution in [2.75, 3.05) is 18.0 Å². The van der Waals surface area contributed by atoms with Crippen molar-refractivity contribution in [1.82, 2.24) is 35.1 Å². The molecule has 1 aliphatic rings. The highest BCUT2D eigenvalue weighted by Crippen LogP contribution is 2.34. The van der Waals surface area contributed by atoms with Crippen molar-refractivity contribution in [3.63, 3.8) is 0 Å². The number of aromatic nitrogens is 7. The highest BCUT2D eigenvalue weighted by Gasteiger charge is 2.25. The van der Waals surface area contributed by atoms with Crippen LogP contribution in [0.3, 0.4) is 0 Å². The molecule has 6 aromatic rings. The van der Waals surface area contributed by atoms with Crippen LogP contribution in [0.2, 0.25) is 0 Å². The maximum absolute atomic E-state index is 5.92. The summed E-state index contributed by atoms with van der Waals surface area (Å²) in [5.74, 6) is 0.809. The van der Waals surface area contributed by atoms with E-state index in [0.29, 0.717) is 5.69 Å². The van der Waals surface area contributed by atoms with Crippen LogP contribution >= 0.6 is 0 Å². The van der Waals surface area contributed by atoms with Crippen LogP contribution in [-0.4, -0.2) is 54.2 Å². The fraction of sp³-hybridized carbons (Fsp3) is 0.125. The third-order valence-electron chi connectivity index (χ3n) is 6.16. The summed E-state index contributed by atoms with van der Waals surface area (Å²) in [5.41, 5.74) is 12.6. The number of fused-ring (bicyclic) bond motifs is 2. The van der Waals surface area contributed by atoms with Gasteiger partial charge in [0.1, 0.15) is 17.2 Å². The number of H-pyrrole nitrogens is 2. The third kappa shape index (κ3) is 2.96. The lowest BCUT2D eigenvalue weighted by atomic mass is 10.1. The molecule has 4 N–H and O–H groups in total. The van der Waals surface area contributed by atoms with Crippen molar-refractivity contribution in [3.8, 4) is 34.0 Å². The van der Waals surface area contributed by atoms with E-state index in [2.05, 4.69) is 41.1 Å². The topological polar surface area (TPSA) is 138 Å². The number of hydrogen-bond acceptors (Lipinski definition) is 8. The summed E-state index contributed by atoms with van der Waals surface area (Å²) in [7, 11) is 0. The molecular weight excluding hydrogens is 430 g/mol. The number of nitrogens with zero attached hydrogens (tertiary/aromatic N) is 6. The van der Waals surface area contributed by atoms with Gasteiger partial charge < -0.3 is 20.0 Å². The van der Waals surface area contributed by atoms with Gasteiger partial charge in [-0.3, -0.25) is 20.1 Å². The van der Waals surface area contributed by atoms with E-state index in [4.69, 9.17) is 15.1 Å². The minimum absolute atomic E-state index is 0.189. The molecule has 0 unspecified atom stereocenters. The van der Waals surface area contributed by atoms with Crippen LogP contribution in [0.15, 0.2) is 66.0 Å². The predicted octanol–water partition coefficient (Wildman–Crippen LogP) is 3.37. The number of anilines is 1. The first-order chi connectivity index (χ1) is 16.7. The second-order valence-electron chi connectivity index (χ2n) is 8.43. The minimum atomic E-state index is 0.189. The summed E-state index contributed by atoms with van der Waals surface area (Å²) < 4.78 is 5.25. The summed E-state index contributed by atoms with van der Waals surface area (Å²) >= 11 is 0. The third-order valence-corrected chi connectivity index (χ3v) is 6.16. The molecule has 0 atom stereocenters. The summed E-state index contributed by atoms with van der Waals surface area (Å²) in [6.07, 6.45) is 10.4. The monoisotopic (exact) mass is 449 g/mol. The second kappa shape index (κ2) is 7.22. The maximum atomic E-state index is 5.92. The lowest BCUT2D eigenvalue weighted by Gasteiger charge is -2.37. The van der Waals surface area contributed by atoms with E-state index in [0.717, 1.165) is 69.1 Å². The Hall–Kier alpha value is -4.57. The molecule has 1 aliphatic heterocycles. The van der Waals surface area contributed by atoms with Gasteiger partial charge in [0, 0.05) is 47.2 Å². The van der Waals surface area contributed by atoms with Gasteiger partial charge in [0.25, 0.3) is 0 Å². The van der Waals surface area contributed by atoms with Gasteiger partial charge in [0.05, 0.1) is 53.7 Å². The Labute approximate surface area is 192 Å². The molecule has 0 bridgehead atoms. The van der Waals surface area contributed by atoms with Crippen molar-refractivity contribution in [1.29, 1.82) is 0 Å². The van der Waals surface area contributed by atoms with Gasteiger partial charge in [-0.15, -0.1) is 0 Å². The van der Waals surface area contributed by atoms with Crippen LogP contribution in [0.4, 0.5) is 5.82 Å². The summed E-state index contributed by atoms with van der Waals surface area (Å²) in [4.78, 5) is 23.9. The zero-order chi connectivity index (χ0) is 22.6. The van der Waals surface area contributed by atoms with Crippen LogP contribution in [0.5, 0.6) is 0 Å². The molecule has 0 radical (unpaired) electrons. The molecule has 7 rings (SSSR count). The molecule has 10 nitrogen and oxygen atoms in total. The largest absolute Gasteiger partial charge is 0.472 e. The van der Waals surface area contributed by atoms with Gasteiger partial charge in [-0.25, -0.2) is 4.98 Å². The average Bonchev–Trinajstić information content (AvgIpc) is 3.60. The molecule has 0 amide bonds. The fourth-order valence-electron chi connectivity index (χ4n) is 4.40. The molecule has 166 valence electrons. The number of pyridine rings is 2. The molecule has 1 saturated heterocycles. The highest BCUT2D eigenvalue weighted by atomic mass is 16.3. The lowest BCUT2D eigenvalue weighted by molar-refractivity contribution is 0.514. The molecule has 1 fully saturated rings. The Morgan fingerprint density at radius 3 is 2.74 bits per heavy atom. The zero-order valence-electron chi connectivity index (χ0n) is 17.9. The standard InChI is InChI=1S/C24H19N9O/c25-14-10-33(11-14)22-9-26-7-21(30-22)18-5-16-20(8-28-18)31-32-24(16)19-6-15-17(29-19)1-3-27-23(15)13-2-4-34-12-13/h1-9,12,14,29H,10-11,25H2,(H,31,32). The molecular formula is C24H19N9O. The average molecular weight is 449 g/mol.